The fourth-order valence-electron chi connectivity index (χ4n) is 4.43. The molecule has 186 valence electrons. The lowest BCUT2D eigenvalue weighted by Gasteiger charge is -2.40. The smallest absolute Gasteiger partial charge is 0.416 e. The Morgan fingerprint density at radius 2 is 1.74 bits per heavy atom. The van der Waals surface area contributed by atoms with Crippen LogP contribution in [0.25, 0.3) is 0 Å². The van der Waals surface area contributed by atoms with Gasteiger partial charge in [-0.25, -0.2) is 9.79 Å². The number of ether oxygens (including phenoxy) is 1. The molecule has 2 aliphatic heterocycles. The average molecular weight is 480 g/mol. The molecule has 7 nitrogen and oxygen atoms in total. The van der Waals surface area contributed by atoms with Crippen LogP contribution in [0.1, 0.15) is 57.1 Å². The second-order valence-electron chi connectivity index (χ2n) is 9.97. The molecule has 3 rings (SSSR count). The van der Waals surface area contributed by atoms with Gasteiger partial charge in [-0.3, -0.25) is 0 Å². The summed E-state index contributed by atoms with van der Waals surface area (Å²) in [6.45, 7) is 7.26. The maximum absolute atomic E-state index is 13.3. The number of nitriles is 1. The van der Waals surface area contributed by atoms with E-state index in [-0.39, 0.29) is 29.9 Å². The first-order valence-corrected chi connectivity index (χ1v) is 11.5. The minimum atomic E-state index is -4.41. The summed E-state index contributed by atoms with van der Waals surface area (Å²) in [4.78, 5) is 21.2. The Morgan fingerprint density at radius 3 is 2.26 bits per heavy atom. The van der Waals surface area contributed by atoms with Crippen molar-refractivity contribution in [2.45, 2.75) is 63.8 Å². The molecule has 0 bridgehead atoms. The van der Waals surface area contributed by atoms with Crippen LogP contribution in [-0.2, 0) is 10.9 Å². The third kappa shape index (κ3) is 6.78. The first-order valence-electron chi connectivity index (χ1n) is 11.5. The highest BCUT2D eigenvalue weighted by Gasteiger charge is 2.35. The van der Waals surface area contributed by atoms with Gasteiger partial charge >= 0.3 is 12.2 Å². The van der Waals surface area contributed by atoms with Crippen molar-refractivity contribution in [3.63, 3.8) is 0 Å². The molecule has 1 aromatic carbocycles. The van der Waals surface area contributed by atoms with Gasteiger partial charge in [-0.05, 0) is 57.7 Å². The van der Waals surface area contributed by atoms with Crippen molar-refractivity contribution in [3.8, 4) is 6.07 Å². The van der Waals surface area contributed by atoms with Crippen molar-refractivity contribution < 1.29 is 22.7 Å². The first-order chi connectivity index (χ1) is 15.9. The molecule has 34 heavy (non-hydrogen) atoms. The van der Waals surface area contributed by atoms with E-state index in [0.29, 0.717) is 51.0 Å². The number of nitrogens with two attached hydrogens (primary N) is 1. The van der Waals surface area contributed by atoms with Crippen LogP contribution in [0.5, 0.6) is 0 Å². The van der Waals surface area contributed by atoms with Crippen molar-refractivity contribution >= 4 is 12.1 Å². The highest BCUT2D eigenvalue weighted by molar-refractivity contribution is 5.75. The Morgan fingerprint density at radius 1 is 1.12 bits per heavy atom. The minimum Gasteiger partial charge on any atom is -0.460 e. The molecule has 0 saturated carbocycles. The molecular weight excluding hydrogens is 447 g/mol. The highest BCUT2D eigenvalue weighted by atomic mass is 19.4. The topological polar surface area (TPSA) is 94.9 Å². The van der Waals surface area contributed by atoms with E-state index in [1.54, 1.807) is 9.80 Å². The molecular formula is C24H32F3N5O2. The number of amides is 2. The third-order valence-electron chi connectivity index (χ3n) is 6.08. The fourth-order valence-corrected chi connectivity index (χ4v) is 4.43. The number of carbonyl (C=O) groups is 1. The van der Waals surface area contributed by atoms with Crippen molar-refractivity contribution in [1.82, 2.24) is 9.80 Å². The number of likely N-dealkylation sites (tertiary alicyclic amines) is 2. The number of alkyl halides is 3. The van der Waals surface area contributed by atoms with E-state index in [1.165, 1.54) is 12.1 Å². The number of nitrogens with zero attached hydrogens (tertiary/aromatic N) is 4. The van der Waals surface area contributed by atoms with Gasteiger partial charge in [0.2, 0.25) is 0 Å². The van der Waals surface area contributed by atoms with E-state index < -0.39 is 17.3 Å². The molecule has 2 unspecified atom stereocenters. The van der Waals surface area contributed by atoms with Gasteiger partial charge in [0.1, 0.15) is 5.60 Å². The molecule has 2 atom stereocenters. The van der Waals surface area contributed by atoms with Gasteiger partial charge in [0.05, 0.1) is 17.7 Å². The summed E-state index contributed by atoms with van der Waals surface area (Å²) in [7, 11) is 0. The van der Waals surface area contributed by atoms with Crippen molar-refractivity contribution in [1.29, 1.82) is 5.26 Å². The molecule has 0 aromatic heterocycles. The molecule has 1 aromatic rings. The molecule has 2 N–H and O–H groups in total. The summed E-state index contributed by atoms with van der Waals surface area (Å²) in [6.07, 6.45) is -2.62. The second-order valence-corrected chi connectivity index (χ2v) is 9.97. The van der Waals surface area contributed by atoms with Gasteiger partial charge in [0, 0.05) is 38.0 Å². The Hall–Kier alpha value is -2.96. The quantitative estimate of drug-likeness (QED) is 0.504. The van der Waals surface area contributed by atoms with E-state index in [2.05, 4.69) is 11.1 Å². The van der Waals surface area contributed by atoms with Crippen molar-refractivity contribution in [3.05, 3.63) is 35.4 Å². The number of piperidine rings is 2. The number of hydrogen-bond acceptors (Lipinski definition) is 4. The summed E-state index contributed by atoms with van der Waals surface area (Å²) in [5.74, 6) is -0.246. The Balaban J connectivity index is 1.81. The van der Waals surface area contributed by atoms with E-state index in [1.807, 2.05) is 20.8 Å². The Bertz CT molecular complexity index is 926. The summed E-state index contributed by atoms with van der Waals surface area (Å²) >= 11 is 0. The van der Waals surface area contributed by atoms with Crippen LogP contribution in [0.2, 0.25) is 0 Å². The largest absolute Gasteiger partial charge is 0.460 e. The molecule has 0 aliphatic carbocycles. The Kier molecular flexibility index (Phi) is 7.64. The van der Waals surface area contributed by atoms with Gasteiger partial charge in [0.25, 0.3) is 6.02 Å². The molecule has 2 fully saturated rings. The summed E-state index contributed by atoms with van der Waals surface area (Å²) in [6, 6.07) is 6.84. The summed E-state index contributed by atoms with van der Waals surface area (Å²) in [5, 5.41) is 9.12. The highest BCUT2D eigenvalue weighted by Crippen LogP contribution is 2.33. The number of carbonyl (C=O) groups excluding carboxylic acids is 1. The van der Waals surface area contributed by atoms with Crippen molar-refractivity contribution in [2.75, 3.05) is 26.2 Å². The Labute approximate surface area is 198 Å². The first kappa shape index (κ1) is 25.7. The number of benzene rings is 1. The van der Waals surface area contributed by atoms with Crippen LogP contribution in [-0.4, -0.2) is 59.7 Å². The van der Waals surface area contributed by atoms with E-state index in [0.717, 1.165) is 12.1 Å². The maximum Gasteiger partial charge on any atom is 0.416 e. The molecule has 2 aliphatic rings. The zero-order valence-electron chi connectivity index (χ0n) is 19.8. The van der Waals surface area contributed by atoms with Gasteiger partial charge in [-0.15, -0.1) is 0 Å². The fraction of sp³-hybridized carbons (Fsp3) is 0.625. The number of urea groups is 1. The van der Waals surface area contributed by atoms with E-state index >= 15 is 0 Å². The van der Waals surface area contributed by atoms with Gasteiger partial charge in [-0.1, -0.05) is 12.1 Å². The number of hydrogen-bond donors (Lipinski definition) is 1. The van der Waals surface area contributed by atoms with Crippen LogP contribution in [0, 0.1) is 17.2 Å². The third-order valence-corrected chi connectivity index (χ3v) is 6.08. The number of rotatable bonds is 2. The molecule has 2 amide bonds. The van der Waals surface area contributed by atoms with Crippen LogP contribution in [0.3, 0.4) is 0 Å². The molecule has 2 saturated heterocycles. The van der Waals surface area contributed by atoms with Gasteiger partial charge < -0.3 is 20.3 Å². The monoisotopic (exact) mass is 479 g/mol. The average Bonchev–Trinajstić information content (AvgIpc) is 2.76. The maximum atomic E-state index is 13.3. The SMILES string of the molecule is CC(C)(C)OC(N)=NC1CC(c2ccc(C(F)(F)F)cc2)CN(C(=O)N2CCC(C#N)CC2)C1. The number of aliphatic imine (C=N–C) groups is 1. The lowest BCUT2D eigenvalue weighted by molar-refractivity contribution is -0.137. The number of amidine groups is 1. The van der Waals surface area contributed by atoms with Gasteiger partial charge in [0.15, 0.2) is 0 Å². The van der Waals surface area contributed by atoms with Crippen LogP contribution < -0.4 is 5.73 Å². The van der Waals surface area contributed by atoms with E-state index in [4.69, 9.17) is 15.7 Å². The standard InChI is InChI=1S/C24H32F3N5O2/c1-23(2,3)34-21(29)30-20-12-18(17-4-6-19(7-5-17)24(25,26)27)14-32(15-20)22(33)31-10-8-16(13-28)9-11-31/h4-7,16,18,20H,8-12,14-15H2,1-3H3,(H2,29,30). The van der Waals surface area contributed by atoms with Gasteiger partial charge in [-0.2, -0.15) is 18.4 Å². The zero-order valence-corrected chi connectivity index (χ0v) is 19.8. The normalized spacial score (nSPS) is 22.9. The predicted molar refractivity (Wildman–Crippen MR) is 122 cm³/mol. The predicted octanol–water partition coefficient (Wildman–Crippen LogP) is 4.35. The van der Waals surface area contributed by atoms with E-state index in [9.17, 15) is 18.0 Å². The zero-order chi connectivity index (χ0) is 25.1. The number of halogens is 3. The van der Waals surface area contributed by atoms with Crippen LogP contribution in [0.15, 0.2) is 29.3 Å². The summed E-state index contributed by atoms with van der Waals surface area (Å²) < 4.78 is 44.6. The minimum absolute atomic E-state index is 0.0211. The molecule has 0 spiro atoms. The molecule has 2 heterocycles. The lowest BCUT2D eigenvalue weighted by Crippen LogP contribution is -2.52. The summed E-state index contributed by atoms with van der Waals surface area (Å²) in [5.41, 5.74) is 5.47. The molecule has 10 heteroatoms. The van der Waals surface area contributed by atoms with Crippen LogP contribution >= 0.6 is 0 Å². The van der Waals surface area contributed by atoms with Crippen LogP contribution in [0.4, 0.5) is 18.0 Å². The van der Waals surface area contributed by atoms with Crippen molar-refractivity contribution in [2.24, 2.45) is 16.6 Å². The molecule has 0 radical (unpaired) electrons. The lowest BCUT2D eigenvalue weighted by atomic mass is 9.87. The second kappa shape index (κ2) is 10.1.